The molecule has 116 valence electrons. The molecule has 1 aliphatic rings. The van der Waals surface area contributed by atoms with Gasteiger partial charge in [0.05, 0.1) is 11.3 Å². The van der Waals surface area contributed by atoms with E-state index in [4.69, 9.17) is 5.84 Å². The minimum Gasteiger partial charge on any atom is -0.340 e. The molecule has 1 heterocycles. The Bertz CT molecular complexity index is 503. The second kappa shape index (κ2) is 6.91. The highest BCUT2D eigenvalue weighted by molar-refractivity contribution is 5.99. The van der Waals surface area contributed by atoms with E-state index in [0.29, 0.717) is 17.3 Å². The molecule has 21 heavy (non-hydrogen) atoms. The fourth-order valence-corrected chi connectivity index (χ4v) is 3.09. The number of rotatable bonds is 5. The third-order valence-electron chi connectivity index (χ3n) is 4.30. The predicted molar refractivity (Wildman–Crippen MR) is 86.2 cm³/mol. The van der Waals surface area contributed by atoms with Crippen LogP contribution in [0.3, 0.4) is 0 Å². The van der Waals surface area contributed by atoms with Gasteiger partial charge in [0.25, 0.3) is 5.91 Å². The van der Waals surface area contributed by atoms with E-state index in [0.717, 1.165) is 25.2 Å². The number of hydrogen-bond donors (Lipinski definition) is 2. The molecule has 0 radical (unpaired) electrons. The fraction of sp³-hybridized carbons (Fsp3) is 0.562. The molecular weight excluding hydrogens is 264 g/mol. The summed E-state index contributed by atoms with van der Waals surface area (Å²) in [5.74, 6) is 5.56. The number of nitrogens with one attached hydrogen (secondary N) is 1. The van der Waals surface area contributed by atoms with Gasteiger partial charge in [0.2, 0.25) is 0 Å². The fourth-order valence-electron chi connectivity index (χ4n) is 3.09. The number of hydrazine groups is 1. The van der Waals surface area contributed by atoms with Crippen molar-refractivity contribution < 1.29 is 4.79 Å². The summed E-state index contributed by atoms with van der Waals surface area (Å²) >= 11 is 0. The Morgan fingerprint density at radius 1 is 1.52 bits per heavy atom. The molecule has 1 atom stereocenters. The van der Waals surface area contributed by atoms with Gasteiger partial charge in [0, 0.05) is 19.6 Å². The Kier molecular flexibility index (Phi) is 5.20. The summed E-state index contributed by atoms with van der Waals surface area (Å²) in [5.41, 5.74) is 5.02. The van der Waals surface area contributed by atoms with Gasteiger partial charge in [-0.1, -0.05) is 13.0 Å². The number of carbonyl (C=O) groups excluding carboxylic acids is 1. The number of likely N-dealkylation sites (tertiary alicyclic amines) is 1. The van der Waals surface area contributed by atoms with Crippen molar-refractivity contribution in [2.45, 2.75) is 32.7 Å². The predicted octanol–water partition coefficient (Wildman–Crippen LogP) is 1.84. The Morgan fingerprint density at radius 2 is 2.29 bits per heavy atom. The summed E-state index contributed by atoms with van der Waals surface area (Å²) in [5, 5.41) is 0. The average Bonchev–Trinajstić information content (AvgIpc) is 2.93. The zero-order valence-corrected chi connectivity index (χ0v) is 13.2. The van der Waals surface area contributed by atoms with Crippen molar-refractivity contribution in [2.24, 2.45) is 5.84 Å². The van der Waals surface area contributed by atoms with E-state index in [9.17, 15) is 4.79 Å². The van der Waals surface area contributed by atoms with E-state index in [1.807, 2.05) is 37.1 Å². The van der Waals surface area contributed by atoms with Gasteiger partial charge in [-0.2, -0.15) is 0 Å². The lowest BCUT2D eigenvalue weighted by Gasteiger charge is -2.28. The van der Waals surface area contributed by atoms with Crippen molar-refractivity contribution in [2.75, 3.05) is 32.1 Å². The first-order chi connectivity index (χ1) is 10.1. The first-order valence-corrected chi connectivity index (χ1v) is 7.63. The van der Waals surface area contributed by atoms with Gasteiger partial charge in [0.15, 0.2) is 0 Å². The van der Waals surface area contributed by atoms with Crippen molar-refractivity contribution in [1.82, 2.24) is 9.80 Å². The smallest absolute Gasteiger partial charge is 0.255 e. The summed E-state index contributed by atoms with van der Waals surface area (Å²) < 4.78 is 0. The molecular formula is C16H26N4O. The monoisotopic (exact) mass is 290 g/mol. The Labute approximate surface area is 127 Å². The summed E-state index contributed by atoms with van der Waals surface area (Å²) in [7, 11) is 1.87. The third-order valence-corrected chi connectivity index (χ3v) is 4.30. The summed E-state index contributed by atoms with van der Waals surface area (Å²) in [6.45, 7) is 7.12. The van der Waals surface area contributed by atoms with Crippen LogP contribution in [0.4, 0.5) is 5.69 Å². The number of anilines is 1. The van der Waals surface area contributed by atoms with Crippen LogP contribution in [-0.4, -0.2) is 48.4 Å². The highest BCUT2D eigenvalue weighted by Crippen LogP contribution is 2.21. The lowest BCUT2D eigenvalue weighted by atomic mass is 10.1. The van der Waals surface area contributed by atoms with Crippen LogP contribution >= 0.6 is 0 Å². The van der Waals surface area contributed by atoms with Gasteiger partial charge in [0.1, 0.15) is 0 Å². The molecule has 3 N–H and O–H groups in total. The molecule has 1 saturated heterocycles. The molecule has 1 aromatic rings. The van der Waals surface area contributed by atoms with Gasteiger partial charge in [-0.25, -0.2) is 0 Å². The van der Waals surface area contributed by atoms with Crippen LogP contribution in [0.2, 0.25) is 0 Å². The van der Waals surface area contributed by atoms with Crippen LogP contribution in [0.5, 0.6) is 0 Å². The average molecular weight is 290 g/mol. The molecule has 1 fully saturated rings. The number of aryl methyl sites for hydroxylation is 1. The molecule has 5 nitrogen and oxygen atoms in total. The number of benzene rings is 1. The standard InChI is InChI=1S/C16H26N4O/c1-4-20-9-5-6-13(20)11-19(3)16(21)14-8-7-12(2)10-15(14)18-17/h7-8,10,13,18H,4-6,9,11,17H2,1-3H3. The van der Waals surface area contributed by atoms with E-state index >= 15 is 0 Å². The van der Waals surface area contributed by atoms with Gasteiger partial charge in [-0.05, 0) is 50.6 Å². The van der Waals surface area contributed by atoms with Crippen LogP contribution in [0.15, 0.2) is 18.2 Å². The van der Waals surface area contributed by atoms with E-state index in [1.54, 1.807) is 0 Å². The minimum atomic E-state index is 0.0194. The minimum absolute atomic E-state index is 0.0194. The Hall–Kier alpha value is -1.59. The van der Waals surface area contributed by atoms with Crippen molar-refractivity contribution in [3.8, 4) is 0 Å². The van der Waals surface area contributed by atoms with Crippen molar-refractivity contribution in [3.63, 3.8) is 0 Å². The molecule has 0 aromatic heterocycles. The van der Waals surface area contributed by atoms with Crippen LogP contribution in [0, 0.1) is 6.92 Å². The van der Waals surface area contributed by atoms with Crippen LogP contribution < -0.4 is 11.3 Å². The maximum Gasteiger partial charge on any atom is 0.255 e. The Balaban J connectivity index is 2.09. The zero-order chi connectivity index (χ0) is 15.4. The number of nitrogens with two attached hydrogens (primary N) is 1. The second-order valence-electron chi connectivity index (χ2n) is 5.80. The van der Waals surface area contributed by atoms with Crippen LogP contribution in [0.1, 0.15) is 35.7 Å². The van der Waals surface area contributed by atoms with Crippen molar-refractivity contribution in [1.29, 1.82) is 0 Å². The van der Waals surface area contributed by atoms with Crippen molar-refractivity contribution >= 4 is 11.6 Å². The van der Waals surface area contributed by atoms with Gasteiger partial charge in [-0.15, -0.1) is 0 Å². The number of nitrogen functional groups attached to an aromatic ring is 1. The normalized spacial score (nSPS) is 18.8. The SMILES string of the molecule is CCN1CCCC1CN(C)C(=O)c1ccc(C)cc1NN. The highest BCUT2D eigenvalue weighted by Gasteiger charge is 2.26. The zero-order valence-electron chi connectivity index (χ0n) is 13.2. The van der Waals surface area contributed by atoms with E-state index < -0.39 is 0 Å². The number of carbonyl (C=O) groups is 1. The maximum absolute atomic E-state index is 12.6. The van der Waals surface area contributed by atoms with E-state index in [-0.39, 0.29) is 5.91 Å². The van der Waals surface area contributed by atoms with Crippen LogP contribution in [-0.2, 0) is 0 Å². The topological polar surface area (TPSA) is 61.6 Å². The lowest BCUT2D eigenvalue weighted by molar-refractivity contribution is 0.0755. The van der Waals surface area contributed by atoms with Gasteiger partial charge >= 0.3 is 0 Å². The van der Waals surface area contributed by atoms with Gasteiger partial charge < -0.3 is 10.3 Å². The number of likely N-dealkylation sites (N-methyl/N-ethyl adjacent to an activating group) is 2. The number of hydrogen-bond acceptors (Lipinski definition) is 4. The lowest BCUT2D eigenvalue weighted by Crippen LogP contribution is -2.41. The Morgan fingerprint density at radius 3 is 2.95 bits per heavy atom. The quantitative estimate of drug-likeness (QED) is 0.641. The summed E-state index contributed by atoms with van der Waals surface area (Å²) in [6.07, 6.45) is 2.39. The largest absolute Gasteiger partial charge is 0.340 e. The van der Waals surface area contributed by atoms with Crippen LogP contribution in [0.25, 0.3) is 0 Å². The van der Waals surface area contributed by atoms with E-state index in [2.05, 4.69) is 17.2 Å². The summed E-state index contributed by atoms with van der Waals surface area (Å²) in [4.78, 5) is 16.9. The molecule has 0 spiro atoms. The van der Waals surface area contributed by atoms with E-state index in [1.165, 1.54) is 12.8 Å². The number of nitrogens with zero attached hydrogens (tertiary/aromatic N) is 2. The maximum atomic E-state index is 12.6. The van der Waals surface area contributed by atoms with Crippen molar-refractivity contribution in [3.05, 3.63) is 29.3 Å². The molecule has 0 saturated carbocycles. The molecule has 2 rings (SSSR count). The molecule has 1 unspecified atom stereocenters. The second-order valence-corrected chi connectivity index (χ2v) is 5.80. The third kappa shape index (κ3) is 3.54. The highest BCUT2D eigenvalue weighted by atomic mass is 16.2. The summed E-state index contributed by atoms with van der Waals surface area (Å²) in [6, 6.07) is 6.16. The molecule has 1 aromatic carbocycles. The molecule has 0 aliphatic carbocycles. The first-order valence-electron chi connectivity index (χ1n) is 7.63. The molecule has 0 bridgehead atoms. The first kappa shape index (κ1) is 15.8. The molecule has 1 aliphatic heterocycles. The number of amides is 1. The molecule has 1 amide bonds. The molecule has 5 heteroatoms. The van der Waals surface area contributed by atoms with Gasteiger partial charge in [-0.3, -0.25) is 15.5 Å².